The third-order valence-corrected chi connectivity index (χ3v) is 2.59. The van der Waals surface area contributed by atoms with Crippen molar-refractivity contribution in [3.8, 4) is 5.75 Å². The molecule has 0 saturated carbocycles. The zero-order valence-corrected chi connectivity index (χ0v) is 10.5. The second-order valence-electron chi connectivity index (χ2n) is 4.11. The lowest BCUT2D eigenvalue weighted by Crippen LogP contribution is -2.00. The van der Waals surface area contributed by atoms with E-state index in [1.807, 2.05) is 0 Å². The first-order chi connectivity index (χ1) is 8.15. The van der Waals surface area contributed by atoms with Gasteiger partial charge in [0.2, 0.25) is 0 Å². The van der Waals surface area contributed by atoms with Crippen LogP contribution in [0.1, 0.15) is 49.9 Å². The van der Waals surface area contributed by atoms with Crippen molar-refractivity contribution >= 4 is 5.78 Å². The number of carbonyl (C=O) groups is 1. The molecule has 17 heavy (non-hydrogen) atoms. The van der Waals surface area contributed by atoms with Crippen molar-refractivity contribution in [2.45, 2.75) is 39.5 Å². The maximum absolute atomic E-state index is 13.4. The highest BCUT2D eigenvalue weighted by atomic mass is 19.1. The molecule has 0 aliphatic carbocycles. The lowest BCUT2D eigenvalue weighted by molar-refractivity contribution is 0.101. The van der Waals surface area contributed by atoms with Crippen LogP contribution in [0.3, 0.4) is 0 Å². The van der Waals surface area contributed by atoms with Gasteiger partial charge in [-0.05, 0) is 25.5 Å². The lowest BCUT2D eigenvalue weighted by atomic mass is 10.1. The molecule has 2 nitrogen and oxygen atoms in total. The van der Waals surface area contributed by atoms with Gasteiger partial charge in [0.1, 0.15) is 11.6 Å². The van der Waals surface area contributed by atoms with E-state index in [4.69, 9.17) is 4.74 Å². The van der Waals surface area contributed by atoms with Crippen LogP contribution in [0.4, 0.5) is 4.39 Å². The summed E-state index contributed by atoms with van der Waals surface area (Å²) in [5.41, 5.74) is 0.114. The number of hydrogen-bond acceptors (Lipinski definition) is 2. The number of carbonyl (C=O) groups excluding carboxylic acids is 1. The average Bonchev–Trinajstić information content (AvgIpc) is 2.28. The highest BCUT2D eigenvalue weighted by Crippen LogP contribution is 2.17. The fraction of sp³-hybridized carbons (Fsp3) is 0.500. The molecule has 0 amide bonds. The highest BCUT2D eigenvalue weighted by Gasteiger charge is 2.07. The smallest absolute Gasteiger partial charge is 0.162 e. The van der Waals surface area contributed by atoms with Crippen LogP contribution in [0, 0.1) is 5.82 Å². The molecular formula is C14H19FO2. The molecule has 0 atom stereocenters. The molecular weight excluding hydrogens is 219 g/mol. The summed E-state index contributed by atoms with van der Waals surface area (Å²) in [4.78, 5) is 11.0. The average molecular weight is 238 g/mol. The summed E-state index contributed by atoms with van der Waals surface area (Å²) in [6.07, 6.45) is 4.48. The molecule has 0 radical (unpaired) electrons. The van der Waals surface area contributed by atoms with Gasteiger partial charge in [0, 0.05) is 6.07 Å². The Hall–Kier alpha value is -1.38. The fourth-order valence-corrected chi connectivity index (χ4v) is 1.59. The van der Waals surface area contributed by atoms with Crippen LogP contribution in [0.5, 0.6) is 5.75 Å². The molecule has 94 valence electrons. The summed E-state index contributed by atoms with van der Waals surface area (Å²) in [6, 6.07) is 4.38. The van der Waals surface area contributed by atoms with Gasteiger partial charge >= 0.3 is 0 Å². The first kappa shape index (κ1) is 13.7. The fourth-order valence-electron chi connectivity index (χ4n) is 1.59. The number of hydrogen-bond donors (Lipinski definition) is 0. The number of Topliss-reactive ketones (excluding diaryl/α,β-unsaturated/α-hetero) is 1. The van der Waals surface area contributed by atoms with Crippen LogP contribution in [0.2, 0.25) is 0 Å². The molecule has 0 fully saturated rings. The topological polar surface area (TPSA) is 26.3 Å². The van der Waals surface area contributed by atoms with Crippen LogP contribution >= 0.6 is 0 Å². The molecule has 0 bridgehead atoms. The van der Waals surface area contributed by atoms with E-state index in [0.717, 1.165) is 12.8 Å². The number of rotatable bonds is 7. The summed E-state index contributed by atoms with van der Waals surface area (Å²) in [5.74, 6) is -0.287. The largest absolute Gasteiger partial charge is 0.493 e. The highest BCUT2D eigenvalue weighted by molar-refractivity contribution is 5.94. The lowest BCUT2D eigenvalue weighted by Gasteiger charge is -2.07. The van der Waals surface area contributed by atoms with Gasteiger partial charge in [-0.25, -0.2) is 4.39 Å². The van der Waals surface area contributed by atoms with Gasteiger partial charge in [-0.15, -0.1) is 0 Å². The Bertz CT molecular complexity index is 374. The van der Waals surface area contributed by atoms with E-state index in [0.29, 0.717) is 12.4 Å². The normalized spacial score (nSPS) is 10.3. The number of ether oxygens (including phenoxy) is 1. The van der Waals surface area contributed by atoms with Crippen LogP contribution in [-0.4, -0.2) is 12.4 Å². The van der Waals surface area contributed by atoms with E-state index >= 15 is 0 Å². The summed E-state index contributed by atoms with van der Waals surface area (Å²) in [7, 11) is 0. The van der Waals surface area contributed by atoms with Crippen molar-refractivity contribution < 1.29 is 13.9 Å². The summed E-state index contributed by atoms with van der Waals surface area (Å²) in [5, 5.41) is 0. The predicted molar refractivity (Wildman–Crippen MR) is 66.0 cm³/mol. The third-order valence-electron chi connectivity index (χ3n) is 2.59. The summed E-state index contributed by atoms with van der Waals surface area (Å²) >= 11 is 0. The maximum Gasteiger partial charge on any atom is 0.162 e. The second kappa shape index (κ2) is 7.05. The molecule has 0 saturated heterocycles. The number of halogens is 1. The van der Waals surface area contributed by atoms with Gasteiger partial charge in [-0.3, -0.25) is 4.79 Å². The number of unbranched alkanes of at least 4 members (excludes halogenated alkanes) is 3. The Morgan fingerprint density at radius 3 is 2.65 bits per heavy atom. The minimum absolute atomic E-state index is 0.114. The Labute approximate surface area is 102 Å². The molecule has 0 aliphatic heterocycles. The van der Waals surface area contributed by atoms with Crippen molar-refractivity contribution in [2.24, 2.45) is 0 Å². The number of benzene rings is 1. The first-order valence-electron chi connectivity index (χ1n) is 6.08. The first-order valence-corrected chi connectivity index (χ1v) is 6.08. The third kappa shape index (κ3) is 4.55. The Kier molecular flexibility index (Phi) is 5.67. The van der Waals surface area contributed by atoms with Crippen molar-refractivity contribution in [3.05, 3.63) is 29.6 Å². The van der Waals surface area contributed by atoms with E-state index in [2.05, 4.69) is 6.92 Å². The van der Waals surface area contributed by atoms with Gasteiger partial charge in [-0.1, -0.05) is 26.2 Å². The van der Waals surface area contributed by atoms with Crippen LogP contribution in [-0.2, 0) is 0 Å². The quantitative estimate of drug-likeness (QED) is 0.530. The Morgan fingerprint density at radius 2 is 2.06 bits per heavy atom. The van der Waals surface area contributed by atoms with Crippen molar-refractivity contribution in [1.29, 1.82) is 0 Å². The molecule has 0 N–H and O–H groups in total. The van der Waals surface area contributed by atoms with Gasteiger partial charge in [0.15, 0.2) is 5.78 Å². The summed E-state index contributed by atoms with van der Waals surface area (Å²) in [6.45, 7) is 4.10. The molecule has 0 spiro atoms. The van der Waals surface area contributed by atoms with Gasteiger partial charge < -0.3 is 4.74 Å². The van der Waals surface area contributed by atoms with Crippen molar-refractivity contribution in [3.63, 3.8) is 0 Å². The monoisotopic (exact) mass is 238 g/mol. The standard InChI is InChI=1S/C14H19FO2/c1-3-4-5-6-9-17-12-7-8-13(11(2)16)14(15)10-12/h7-8,10H,3-6,9H2,1-2H3. The van der Waals surface area contributed by atoms with Crippen LogP contribution < -0.4 is 4.74 Å². The predicted octanol–water partition coefficient (Wildman–Crippen LogP) is 3.99. The van der Waals surface area contributed by atoms with E-state index < -0.39 is 5.82 Å². The van der Waals surface area contributed by atoms with Crippen molar-refractivity contribution in [1.82, 2.24) is 0 Å². The zero-order valence-electron chi connectivity index (χ0n) is 10.5. The zero-order chi connectivity index (χ0) is 12.7. The second-order valence-corrected chi connectivity index (χ2v) is 4.11. The van der Waals surface area contributed by atoms with E-state index in [9.17, 15) is 9.18 Å². The van der Waals surface area contributed by atoms with Gasteiger partial charge in [-0.2, -0.15) is 0 Å². The Morgan fingerprint density at radius 1 is 1.29 bits per heavy atom. The molecule has 1 aromatic carbocycles. The number of ketones is 1. The van der Waals surface area contributed by atoms with Crippen molar-refractivity contribution in [2.75, 3.05) is 6.61 Å². The van der Waals surface area contributed by atoms with E-state index in [1.165, 1.54) is 31.9 Å². The minimum atomic E-state index is -0.511. The van der Waals surface area contributed by atoms with Crippen LogP contribution in [0.15, 0.2) is 18.2 Å². The minimum Gasteiger partial charge on any atom is -0.493 e. The maximum atomic E-state index is 13.4. The molecule has 3 heteroatoms. The van der Waals surface area contributed by atoms with Gasteiger partial charge in [0.25, 0.3) is 0 Å². The van der Waals surface area contributed by atoms with Gasteiger partial charge in [0.05, 0.1) is 12.2 Å². The molecule has 1 rings (SSSR count). The molecule has 0 aliphatic rings. The molecule has 1 aromatic rings. The van der Waals surface area contributed by atoms with E-state index in [-0.39, 0.29) is 11.3 Å². The van der Waals surface area contributed by atoms with E-state index in [1.54, 1.807) is 6.07 Å². The Balaban J connectivity index is 2.45. The van der Waals surface area contributed by atoms with Crippen LogP contribution in [0.25, 0.3) is 0 Å². The SMILES string of the molecule is CCCCCCOc1ccc(C(C)=O)c(F)c1. The molecule has 0 unspecified atom stereocenters. The summed E-state index contributed by atoms with van der Waals surface area (Å²) < 4.78 is 18.8. The molecule has 0 heterocycles. The molecule has 0 aromatic heterocycles.